The van der Waals surface area contributed by atoms with Gasteiger partial charge in [0.1, 0.15) is 5.75 Å². The van der Waals surface area contributed by atoms with Crippen molar-refractivity contribution in [3.8, 4) is 5.75 Å². The number of nitrogens with one attached hydrogen (secondary N) is 1. The van der Waals surface area contributed by atoms with Crippen LogP contribution in [0.4, 0.5) is 0 Å². The summed E-state index contributed by atoms with van der Waals surface area (Å²) in [5.74, 6) is 0.533. The summed E-state index contributed by atoms with van der Waals surface area (Å²) in [5.41, 5.74) is 2.58. The van der Waals surface area contributed by atoms with E-state index in [0.717, 1.165) is 17.8 Å². The number of rotatable bonds is 2. The number of aromatic nitrogens is 2. The molecule has 6 heteroatoms. The number of carbonyl (C=O) groups excluding carboxylic acids is 1. The van der Waals surface area contributed by atoms with E-state index in [2.05, 4.69) is 9.97 Å². The van der Waals surface area contributed by atoms with Gasteiger partial charge in [0, 0.05) is 23.6 Å². The van der Waals surface area contributed by atoms with Crippen molar-refractivity contribution in [3.63, 3.8) is 0 Å². The highest BCUT2D eigenvalue weighted by Crippen LogP contribution is 2.23. The van der Waals surface area contributed by atoms with Gasteiger partial charge in [-0.05, 0) is 18.2 Å². The number of nitrogens with zero attached hydrogens (tertiary/aromatic N) is 2. The van der Waals surface area contributed by atoms with Gasteiger partial charge in [0.05, 0.1) is 31.4 Å². The molecule has 1 aromatic carbocycles. The van der Waals surface area contributed by atoms with E-state index < -0.39 is 0 Å². The summed E-state index contributed by atoms with van der Waals surface area (Å²) in [6.45, 7) is 1.20. The van der Waals surface area contributed by atoms with Crippen LogP contribution < -0.4 is 4.74 Å². The van der Waals surface area contributed by atoms with Crippen LogP contribution in [0.3, 0.4) is 0 Å². The van der Waals surface area contributed by atoms with Gasteiger partial charge in [-0.15, -0.1) is 0 Å². The molecule has 0 saturated carbocycles. The third-order valence-electron chi connectivity index (χ3n) is 3.42. The number of benzene rings is 1. The lowest BCUT2D eigenvalue weighted by atomic mass is 10.1. The summed E-state index contributed by atoms with van der Waals surface area (Å²) < 4.78 is 5.15. The van der Waals surface area contributed by atoms with Crippen LogP contribution in [0, 0.1) is 0 Å². The van der Waals surface area contributed by atoms with E-state index in [1.54, 1.807) is 36.5 Å². The van der Waals surface area contributed by atoms with Crippen molar-refractivity contribution in [2.24, 2.45) is 0 Å². The lowest BCUT2D eigenvalue weighted by Crippen LogP contribution is -2.36. The van der Waals surface area contributed by atoms with Gasteiger partial charge in [-0.1, -0.05) is 11.6 Å². The molecule has 0 unspecified atom stereocenters. The van der Waals surface area contributed by atoms with Gasteiger partial charge in [0.25, 0.3) is 5.91 Å². The van der Waals surface area contributed by atoms with E-state index in [-0.39, 0.29) is 5.91 Å². The highest BCUT2D eigenvalue weighted by atomic mass is 35.5. The fraction of sp³-hybridized carbons (Fsp3) is 0.286. The van der Waals surface area contributed by atoms with Gasteiger partial charge in [0.15, 0.2) is 0 Å². The maximum absolute atomic E-state index is 12.5. The maximum atomic E-state index is 12.5. The minimum Gasteiger partial charge on any atom is -0.497 e. The number of hydrogen-bond acceptors (Lipinski definition) is 3. The number of H-pyrrole nitrogens is 1. The first-order chi connectivity index (χ1) is 9.67. The second kappa shape index (κ2) is 5.17. The van der Waals surface area contributed by atoms with Crippen LogP contribution in [-0.2, 0) is 13.0 Å². The molecule has 104 valence electrons. The fourth-order valence-electron chi connectivity index (χ4n) is 2.37. The van der Waals surface area contributed by atoms with Gasteiger partial charge < -0.3 is 14.6 Å². The summed E-state index contributed by atoms with van der Waals surface area (Å²) in [4.78, 5) is 21.6. The monoisotopic (exact) mass is 291 g/mol. The fourth-order valence-corrected chi connectivity index (χ4v) is 2.60. The van der Waals surface area contributed by atoms with Crippen LogP contribution in [-0.4, -0.2) is 34.4 Å². The number of imidazole rings is 1. The van der Waals surface area contributed by atoms with Crippen LogP contribution in [0.1, 0.15) is 21.7 Å². The third-order valence-corrected chi connectivity index (χ3v) is 3.63. The number of carbonyl (C=O) groups is 1. The van der Waals surface area contributed by atoms with Crippen molar-refractivity contribution in [1.82, 2.24) is 14.9 Å². The number of hydrogen-bond donors (Lipinski definition) is 1. The number of methoxy groups -OCH3 is 1. The summed E-state index contributed by atoms with van der Waals surface area (Å²) >= 11 is 6.01. The molecule has 0 aliphatic carbocycles. The number of halogens is 1. The Hall–Kier alpha value is -2.01. The van der Waals surface area contributed by atoms with Gasteiger partial charge in [-0.25, -0.2) is 4.98 Å². The molecule has 1 aliphatic rings. The van der Waals surface area contributed by atoms with Crippen molar-refractivity contribution in [1.29, 1.82) is 0 Å². The first-order valence-electron chi connectivity index (χ1n) is 6.32. The van der Waals surface area contributed by atoms with Crippen LogP contribution in [0.2, 0.25) is 5.02 Å². The Morgan fingerprint density at radius 3 is 3.10 bits per heavy atom. The van der Waals surface area contributed by atoms with Crippen LogP contribution in [0.25, 0.3) is 0 Å². The quantitative estimate of drug-likeness (QED) is 0.923. The summed E-state index contributed by atoms with van der Waals surface area (Å²) in [6.07, 6.45) is 2.43. The molecule has 1 N–H and O–H groups in total. The molecule has 1 aromatic heterocycles. The van der Waals surface area contributed by atoms with E-state index in [1.807, 2.05) is 0 Å². The van der Waals surface area contributed by atoms with E-state index in [9.17, 15) is 4.79 Å². The Bertz CT molecular complexity index is 654. The summed E-state index contributed by atoms with van der Waals surface area (Å²) in [6, 6.07) is 5.05. The number of aromatic amines is 1. The molecule has 3 rings (SSSR count). The predicted octanol–water partition coefficient (Wildman–Crippen LogP) is 2.27. The third kappa shape index (κ3) is 2.36. The SMILES string of the molecule is COc1cc(Cl)cc(C(=O)N2CCc3nc[nH]c3C2)c1. The lowest BCUT2D eigenvalue weighted by molar-refractivity contribution is 0.0731. The summed E-state index contributed by atoms with van der Waals surface area (Å²) in [5, 5.41) is 0.493. The van der Waals surface area contributed by atoms with Crippen molar-refractivity contribution in [2.75, 3.05) is 13.7 Å². The smallest absolute Gasteiger partial charge is 0.254 e. The Labute approximate surface area is 121 Å². The molecule has 5 nitrogen and oxygen atoms in total. The Morgan fingerprint density at radius 1 is 1.45 bits per heavy atom. The zero-order chi connectivity index (χ0) is 14.1. The first kappa shape index (κ1) is 13.0. The van der Waals surface area contributed by atoms with Crippen molar-refractivity contribution in [2.45, 2.75) is 13.0 Å². The number of fused-ring (bicyclic) bond motifs is 1. The Balaban J connectivity index is 1.85. The van der Waals surface area contributed by atoms with E-state index in [0.29, 0.717) is 29.4 Å². The standard InChI is InChI=1S/C14H14ClN3O2/c1-20-11-5-9(4-10(15)6-11)14(19)18-3-2-12-13(7-18)17-8-16-12/h4-6,8H,2-3,7H2,1H3,(H,16,17). The molecule has 2 heterocycles. The number of amides is 1. The zero-order valence-electron chi connectivity index (χ0n) is 11.0. The Kier molecular flexibility index (Phi) is 3.36. The Morgan fingerprint density at radius 2 is 2.30 bits per heavy atom. The molecule has 2 aromatic rings. The summed E-state index contributed by atoms with van der Waals surface area (Å²) in [7, 11) is 1.55. The molecule has 20 heavy (non-hydrogen) atoms. The van der Waals surface area contributed by atoms with Gasteiger partial charge in [-0.3, -0.25) is 4.79 Å². The number of ether oxygens (including phenoxy) is 1. The molecule has 0 atom stereocenters. The second-order valence-electron chi connectivity index (χ2n) is 4.68. The second-order valence-corrected chi connectivity index (χ2v) is 5.12. The molecule has 0 radical (unpaired) electrons. The molecule has 0 bridgehead atoms. The zero-order valence-corrected chi connectivity index (χ0v) is 11.8. The molecule has 0 spiro atoms. The van der Waals surface area contributed by atoms with Gasteiger partial charge in [-0.2, -0.15) is 0 Å². The van der Waals surface area contributed by atoms with Gasteiger partial charge >= 0.3 is 0 Å². The van der Waals surface area contributed by atoms with Crippen LogP contribution in [0.15, 0.2) is 24.5 Å². The molecule has 1 amide bonds. The van der Waals surface area contributed by atoms with E-state index in [1.165, 1.54) is 0 Å². The van der Waals surface area contributed by atoms with Crippen molar-refractivity contribution < 1.29 is 9.53 Å². The van der Waals surface area contributed by atoms with E-state index in [4.69, 9.17) is 16.3 Å². The molecule has 1 aliphatic heterocycles. The lowest BCUT2D eigenvalue weighted by Gasteiger charge is -2.26. The minimum atomic E-state index is -0.0500. The molecular weight excluding hydrogens is 278 g/mol. The topological polar surface area (TPSA) is 58.2 Å². The molecule has 0 fully saturated rings. The van der Waals surface area contributed by atoms with Crippen LogP contribution >= 0.6 is 11.6 Å². The molecule has 0 saturated heterocycles. The average molecular weight is 292 g/mol. The molecular formula is C14H14ClN3O2. The highest BCUT2D eigenvalue weighted by Gasteiger charge is 2.23. The minimum absolute atomic E-state index is 0.0500. The largest absolute Gasteiger partial charge is 0.497 e. The van der Waals surface area contributed by atoms with Crippen molar-refractivity contribution >= 4 is 17.5 Å². The average Bonchev–Trinajstić information content (AvgIpc) is 2.93. The highest BCUT2D eigenvalue weighted by molar-refractivity contribution is 6.31. The first-order valence-corrected chi connectivity index (χ1v) is 6.70. The predicted molar refractivity (Wildman–Crippen MR) is 75.0 cm³/mol. The van der Waals surface area contributed by atoms with Gasteiger partial charge in [0.2, 0.25) is 0 Å². The van der Waals surface area contributed by atoms with E-state index >= 15 is 0 Å². The van der Waals surface area contributed by atoms with Crippen molar-refractivity contribution in [3.05, 3.63) is 46.5 Å². The maximum Gasteiger partial charge on any atom is 0.254 e. The van der Waals surface area contributed by atoms with Crippen LogP contribution in [0.5, 0.6) is 5.75 Å². The normalized spacial score (nSPS) is 14.0.